The van der Waals surface area contributed by atoms with Crippen LogP contribution in [0, 0.1) is 0 Å². The zero-order chi connectivity index (χ0) is 35.4. The maximum absolute atomic E-state index is 5.22. The molecular weight excluding hydrogens is 645 g/mol. The number of benzene rings is 7. The average molecular weight is 683 g/mol. The molecule has 0 fully saturated rings. The van der Waals surface area contributed by atoms with E-state index in [4.69, 9.17) is 4.98 Å². The van der Waals surface area contributed by atoms with Crippen LogP contribution in [0.1, 0.15) is 38.3 Å². The molecule has 1 aliphatic rings. The summed E-state index contributed by atoms with van der Waals surface area (Å²) < 4.78 is 7.45. The van der Waals surface area contributed by atoms with Crippen molar-refractivity contribution in [1.29, 1.82) is 0 Å². The SMILES string of the molecule is CCCn1c(-c2cccc(-n3c4ccccc4c4c5c(c6c(c7ccccc7n6-c6ccccc6)c43)-c3ccccc3C5(C)C)c2)nc2ccccc21. The van der Waals surface area contributed by atoms with Crippen LogP contribution in [0.4, 0.5) is 0 Å². The molecule has 0 spiro atoms. The molecule has 7 aromatic carbocycles. The molecule has 4 nitrogen and oxygen atoms in total. The summed E-state index contributed by atoms with van der Waals surface area (Å²) in [5, 5.41) is 5.16. The first-order valence-corrected chi connectivity index (χ1v) is 18.8. The summed E-state index contributed by atoms with van der Waals surface area (Å²) in [6.07, 6.45) is 1.03. The summed E-state index contributed by atoms with van der Waals surface area (Å²) in [5.74, 6) is 1.01. The number of fused-ring (bicyclic) bond motifs is 13. The zero-order valence-corrected chi connectivity index (χ0v) is 30.1. The lowest BCUT2D eigenvalue weighted by molar-refractivity contribution is 0.667. The van der Waals surface area contributed by atoms with Crippen molar-refractivity contribution in [3.8, 4) is 33.9 Å². The normalized spacial score (nSPS) is 13.5. The number of nitrogens with zero attached hydrogens (tertiary/aromatic N) is 4. The van der Waals surface area contributed by atoms with Crippen LogP contribution in [-0.2, 0) is 12.0 Å². The van der Waals surface area contributed by atoms with E-state index in [1.54, 1.807) is 0 Å². The van der Waals surface area contributed by atoms with Gasteiger partial charge in [-0.05, 0) is 71.6 Å². The summed E-state index contributed by atoms with van der Waals surface area (Å²) >= 11 is 0. The quantitative estimate of drug-likeness (QED) is 0.178. The molecule has 53 heavy (non-hydrogen) atoms. The Morgan fingerprint density at radius 2 is 1.19 bits per heavy atom. The van der Waals surface area contributed by atoms with E-state index in [2.05, 4.69) is 186 Å². The minimum Gasteiger partial charge on any atom is -0.324 e. The number of rotatable bonds is 5. The number of aryl methyl sites for hydroxylation is 1. The summed E-state index contributed by atoms with van der Waals surface area (Å²) in [4.78, 5) is 5.22. The van der Waals surface area contributed by atoms with Crippen LogP contribution in [0.3, 0.4) is 0 Å². The molecule has 11 rings (SSSR count). The third-order valence-corrected chi connectivity index (χ3v) is 11.7. The lowest BCUT2D eigenvalue weighted by atomic mass is 9.80. The van der Waals surface area contributed by atoms with Crippen molar-refractivity contribution in [3.05, 3.63) is 163 Å². The average Bonchev–Trinajstić information content (AvgIpc) is 3.91. The Morgan fingerprint density at radius 3 is 1.96 bits per heavy atom. The first-order valence-electron chi connectivity index (χ1n) is 18.8. The molecule has 0 saturated carbocycles. The molecule has 0 radical (unpaired) electrons. The van der Waals surface area contributed by atoms with E-state index in [9.17, 15) is 0 Å². The van der Waals surface area contributed by atoms with Gasteiger partial charge in [-0.25, -0.2) is 4.98 Å². The molecule has 0 N–H and O–H groups in total. The van der Waals surface area contributed by atoms with Crippen molar-refractivity contribution >= 4 is 54.6 Å². The van der Waals surface area contributed by atoms with Crippen LogP contribution >= 0.6 is 0 Å². The fourth-order valence-electron chi connectivity index (χ4n) is 9.60. The van der Waals surface area contributed by atoms with Gasteiger partial charge in [0.15, 0.2) is 0 Å². The first-order chi connectivity index (χ1) is 26.1. The molecule has 0 unspecified atom stereocenters. The zero-order valence-electron chi connectivity index (χ0n) is 30.1. The van der Waals surface area contributed by atoms with Crippen LogP contribution < -0.4 is 0 Å². The Hall–Kier alpha value is -6.39. The van der Waals surface area contributed by atoms with Crippen molar-refractivity contribution in [3.63, 3.8) is 0 Å². The highest BCUT2D eigenvalue weighted by Crippen LogP contribution is 2.58. The van der Waals surface area contributed by atoms with Gasteiger partial charge in [0, 0.05) is 56.0 Å². The second-order valence-electron chi connectivity index (χ2n) is 15.0. The van der Waals surface area contributed by atoms with Crippen LogP contribution in [0.15, 0.2) is 152 Å². The van der Waals surface area contributed by atoms with Gasteiger partial charge < -0.3 is 13.7 Å². The van der Waals surface area contributed by atoms with E-state index in [0.717, 1.165) is 35.6 Å². The van der Waals surface area contributed by atoms with Crippen molar-refractivity contribution in [2.24, 2.45) is 0 Å². The maximum Gasteiger partial charge on any atom is 0.141 e. The van der Waals surface area contributed by atoms with E-state index < -0.39 is 0 Å². The smallest absolute Gasteiger partial charge is 0.141 e. The summed E-state index contributed by atoms with van der Waals surface area (Å²) in [6, 6.07) is 55.6. The Bertz CT molecular complexity index is 3100. The van der Waals surface area contributed by atoms with E-state index in [1.807, 2.05) is 0 Å². The Kier molecular flexibility index (Phi) is 6.31. The summed E-state index contributed by atoms with van der Waals surface area (Å²) in [7, 11) is 0. The second-order valence-corrected chi connectivity index (χ2v) is 15.0. The predicted molar refractivity (Wildman–Crippen MR) is 222 cm³/mol. The van der Waals surface area contributed by atoms with E-state index >= 15 is 0 Å². The third kappa shape index (κ3) is 4.04. The van der Waals surface area contributed by atoms with Crippen molar-refractivity contribution in [2.45, 2.75) is 39.2 Å². The fraction of sp³-hybridized carbons (Fsp3) is 0.122. The molecule has 0 saturated heterocycles. The van der Waals surface area contributed by atoms with E-state index in [0.29, 0.717) is 0 Å². The lowest BCUT2D eigenvalue weighted by Crippen LogP contribution is -2.15. The van der Waals surface area contributed by atoms with E-state index in [-0.39, 0.29) is 5.41 Å². The molecule has 10 aromatic rings. The highest BCUT2D eigenvalue weighted by atomic mass is 15.1. The molecule has 0 amide bonds. The van der Waals surface area contributed by atoms with Gasteiger partial charge in [-0.2, -0.15) is 0 Å². The van der Waals surface area contributed by atoms with Gasteiger partial charge in [0.2, 0.25) is 0 Å². The third-order valence-electron chi connectivity index (χ3n) is 11.7. The number of aromatic nitrogens is 4. The molecule has 0 aliphatic heterocycles. The number of hydrogen-bond acceptors (Lipinski definition) is 1. The first kappa shape index (κ1) is 30.3. The number of hydrogen-bond donors (Lipinski definition) is 0. The number of para-hydroxylation sites is 5. The van der Waals surface area contributed by atoms with Gasteiger partial charge in [-0.3, -0.25) is 0 Å². The molecular formula is C49H38N4. The van der Waals surface area contributed by atoms with Crippen LogP contribution in [0.5, 0.6) is 0 Å². The largest absolute Gasteiger partial charge is 0.324 e. The molecule has 3 aromatic heterocycles. The van der Waals surface area contributed by atoms with Crippen LogP contribution in [0.2, 0.25) is 0 Å². The van der Waals surface area contributed by atoms with Crippen molar-refractivity contribution < 1.29 is 0 Å². The highest BCUT2D eigenvalue weighted by molar-refractivity contribution is 6.31. The number of imidazole rings is 1. The van der Waals surface area contributed by atoms with Gasteiger partial charge >= 0.3 is 0 Å². The molecule has 0 atom stereocenters. The maximum atomic E-state index is 5.22. The van der Waals surface area contributed by atoms with Crippen molar-refractivity contribution in [2.75, 3.05) is 0 Å². The van der Waals surface area contributed by atoms with E-state index in [1.165, 1.54) is 77.1 Å². The molecule has 0 bridgehead atoms. The fourth-order valence-corrected chi connectivity index (χ4v) is 9.60. The minimum atomic E-state index is -0.224. The minimum absolute atomic E-state index is 0.224. The summed E-state index contributed by atoms with van der Waals surface area (Å²) in [5.41, 5.74) is 15.8. The van der Waals surface area contributed by atoms with Gasteiger partial charge in [-0.1, -0.05) is 124 Å². The van der Waals surface area contributed by atoms with Gasteiger partial charge in [-0.15, -0.1) is 0 Å². The van der Waals surface area contributed by atoms with Crippen LogP contribution in [-0.4, -0.2) is 18.7 Å². The molecule has 3 heterocycles. The molecule has 254 valence electrons. The van der Waals surface area contributed by atoms with Gasteiger partial charge in [0.05, 0.1) is 33.1 Å². The second kappa shape index (κ2) is 11.1. The van der Waals surface area contributed by atoms with Crippen LogP contribution in [0.25, 0.3) is 88.5 Å². The Labute approximate surface area is 308 Å². The summed E-state index contributed by atoms with van der Waals surface area (Å²) in [6.45, 7) is 7.99. The van der Waals surface area contributed by atoms with Gasteiger partial charge in [0.25, 0.3) is 0 Å². The Balaban J connectivity index is 1.35. The molecule has 1 aliphatic carbocycles. The Morgan fingerprint density at radius 1 is 0.566 bits per heavy atom. The topological polar surface area (TPSA) is 27.7 Å². The lowest BCUT2D eigenvalue weighted by Gasteiger charge is -2.23. The predicted octanol–water partition coefficient (Wildman–Crippen LogP) is 12.6. The van der Waals surface area contributed by atoms with Gasteiger partial charge in [0.1, 0.15) is 5.82 Å². The monoisotopic (exact) mass is 682 g/mol. The van der Waals surface area contributed by atoms with Crippen molar-refractivity contribution in [1.82, 2.24) is 18.7 Å². The standard InChI is InChI=1S/C49H38N4/c1-4-29-51-41-28-15-12-25-38(41)50-48(51)31-17-16-20-33(30-31)53-39-26-13-9-22-35(39)43-45-42(34-21-8-11-24-37(34)49(45,2)3)46-44(47(43)53)36-23-10-14-27-40(36)52(46)32-18-6-5-7-19-32/h5-28,30H,4,29H2,1-3H3. The highest BCUT2D eigenvalue weighted by Gasteiger charge is 2.41. The molecule has 4 heteroatoms.